The molecule has 138 valence electrons. The smallest absolute Gasteiger partial charge is 0.240 e. The van der Waals surface area contributed by atoms with Gasteiger partial charge in [-0.1, -0.05) is 64.1 Å². The zero-order valence-corrected chi connectivity index (χ0v) is 18.0. The molecule has 3 aliphatic rings. The summed E-state index contributed by atoms with van der Waals surface area (Å²) >= 11 is 38.8. The van der Waals surface area contributed by atoms with Crippen molar-refractivity contribution in [1.82, 2.24) is 0 Å². The zero-order valence-electron chi connectivity index (χ0n) is 13.4. The topological polar surface area (TPSA) is 37.4 Å². The molecule has 1 heterocycles. The SMILES string of the molecule is Cc1ccc(N2C(=O)[C@@H]3[C@@H](C2=O)[C@]2(Cl)C(Cl)=C(Cl)[C@]3(Cl)C2(Cl)Cl)c(C)c1. The van der Waals surface area contributed by atoms with E-state index in [9.17, 15) is 9.59 Å². The van der Waals surface area contributed by atoms with Crippen molar-refractivity contribution in [3.05, 3.63) is 39.4 Å². The normalized spacial score (nSPS) is 37.8. The average molecular weight is 474 g/mol. The van der Waals surface area contributed by atoms with Gasteiger partial charge in [0.25, 0.3) is 0 Å². The maximum absolute atomic E-state index is 13.2. The molecule has 0 radical (unpaired) electrons. The molecule has 2 amide bonds. The van der Waals surface area contributed by atoms with Crippen LogP contribution in [0.2, 0.25) is 0 Å². The van der Waals surface area contributed by atoms with E-state index in [1.54, 1.807) is 6.07 Å². The number of nitrogens with zero attached hydrogens (tertiary/aromatic N) is 1. The predicted molar refractivity (Wildman–Crippen MR) is 106 cm³/mol. The highest BCUT2D eigenvalue weighted by atomic mass is 35.5. The second kappa shape index (κ2) is 5.46. The van der Waals surface area contributed by atoms with E-state index in [-0.39, 0.29) is 10.1 Å². The largest absolute Gasteiger partial charge is 0.274 e. The maximum atomic E-state index is 13.2. The van der Waals surface area contributed by atoms with Crippen LogP contribution in [0, 0.1) is 25.7 Å². The number of allylic oxidation sites excluding steroid dienone is 2. The van der Waals surface area contributed by atoms with E-state index in [1.807, 2.05) is 26.0 Å². The molecule has 3 nitrogen and oxygen atoms in total. The highest BCUT2D eigenvalue weighted by Crippen LogP contribution is 2.77. The lowest BCUT2D eigenvalue weighted by molar-refractivity contribution is -0.123. The van der Waals surface area contributed by atoms with Gasteiger partial charge in [-0.05, 0) is 25.5 Å². The van der Waals surface area contributed by atoms with Crippen LogP contribution in [0.3, 0.4) is 0 Å². The van der Waals surface area contributed by atoms with Crippen molar-refractivity contribution in [2.75, 3.05) is 4.90 Å². The summed E-state index contributed by atoms with van der Waals surface area (Å²) in [5, 5.41) is -0.184. The molecule has 2 aliphatic carbocycles. The second-order valence-electron chi connectivity index (χ2n) is 6.88. The van der Waals surface area contributed by atoms with E-state index >= 15 is 0 Å². The van der Waals surface area contributed by atoms with Gasteiger partial charge in [0.1, 0.15) is 9.75 Å². The summed E-state index contributed by atoms with van der Waals surface area (Å²) in [6, 6.07) is 5.39. The molecule has 1 aromatic rings. The number of aryl methyl sites for hydroxylation is 2. The first-order valence-corrected chi connectivity index (χ1v) is 9.96. The summed E-state index contributed by atoms with van der Waals surface area (Å²) in [7, 11) is 0. The van der Waals surface area contributed by atoms with Crippen molar-refractivity contribution in [3.8, 4) is 0 Å². The molecule has 1 saturated carbocycles. The van der Waals surface area contributed by atoms with Crippen LogP contribution in [-0.2, 0) is 9.59 Å². The lowest BCUT2D eigenvalue weighted by Crippen LogP contribution is -2.50. The fraction of sp³-hybridized carbons (Fsp3) is 0.412. The van der Waals surface area contributed by atoms with Gasteiger partial charge in [-0.25, -0.2) is 4.90 Å². The van der Waals surface area contributed by atoms with Crippen molar-refractivity contribution in [3.63, 3.8) is 0 Å². The minimum absolute atomic E-state index is 0.0919. The lowest BCUT2D eigenvalue weighted by atomic mass is 9.84. The van der Waals surface area contributed by atoms with Crippen molar-refractivity contribution in [2.45, 2.75) is 27.9 Å². The van der Waals surface area contributed by atoms with Gasteiger partial charge in [0.2, 0.25) is 11.8 Å². The Morgan fingerprint density at radius 1 is 0.885 bits per heavy atom. The number of imide groups is 1. The fourth-order valence-corrected chi connectivity index (χ4v) is 7.22. The molecule has 0 N–H and O–H groups in total. The summed E-state index contributed by atoms with van der Waals surface area (Å²) in [4.78, 5) is 24.0. The second-order valence-corrected chi connectivity index (χ2v) is 10.2. The first-order chi connectivity index (χ1) is 11.9. The molecule has 0 spiro atoms. The molecule has 1 saturated heterocycles. The van der Waals surface area contributed by atoms with Gasteiger partial charge in [0, 0.05) is 0 Å². The van der Waals surface area contributed by atoms with Crippen LogP contribution in [-0.4, -0.2) is 25.9 Å². The first-order valence-electron chi connectivity index (χ1n) is 7.69. The number of hydrogen-bond acceptors (Lipinski definition) is 2. The third-order valence-corrected chi connectivity index (χ3v) is 9.76. The molecule has 4 rings (SSSR count). The fourth-order valence-electron chi connectivity index (χ4n) is 4.29. The van der Waals surface area contributed by atoms with Crippen molar-refractivity contribution >= 4 is 87.1 Å². The number of amides is 2. The Bertz CT molecular complexity index is 882. The van der Waals surface area contributed by atoms with Crippen LogP contribution in [0.15, 0.2) is 28.3 Å². The minimum Gasteiger partial charge on any atom is -0.274 e. The number of rotatable bonds is 1. The van der Waals surface area contributed by atoms with Crippen molar-refractivity contribution in [2.24, 2.45) is 11.8 Å². The Kier molecular flexibility index (Phi) is 4.03. The number of anilines is 1. The Labute approximate surface area is 180 Å². The molecular formula is C17H11Cl6NO2. The Hall–Kier alpha value is -0.160. The average Bonchev–Trinajstić information content (AvgIpc) is 2.93. The summed E-state index contributed by atoms with van der Waals surface area (Å²) in [5.41, 5.74) is 2.22. The van der Waals surface area contributed by atoms with Gasteiger partial charge in [-0.3, -0.25) is 9.59 Å². The van der Waals surface area contributed by atoms with Crippen molar-refractivity contribution in [1.29, 1.82) is 0 Å². The number of benzene rings is 1. The number of halogens is 6. The summed E-state index contributed by atoms with van der Waals surface area (Å²) < 4.78 is -1.91. The third-order valence-electron chi connectivity index (χ3n) is 5.50. The van der Waals surface area contributed by atoms with Crippen molar-refractivity contribution < 1.29 is 9.59 Å². The van der Waals surface area contributed by atoms with E-state index in [4.69, 9.17) is 69.6 Å². The molecule has 2 bridgehead atoms. The van der Waals surface area contributed by atoms with Gasteiger partial charge in [-0.2, -0.15) is 0 Å². The third kappa shape index (κ3) is 1.81. The number of carbonyl (C=O) groups is 2. The molecular weight excluding hydrogens is 463 g/mol. The van der Waals surface area contributed by atoms with Crippen LogP contribution < -0.4 is 4.90 Å². The van der Waals surface area contributed by atoms with Gasteiger partial charge >= 0.3 is 0 Å². The molecule has 0 aromatic heterocycles. The highest BCUT2D eigenvalue weighted by molar-refractivity contribution is 6.67. The molecule has 4 atom stereocenters. The quantitative estimate of drug-likeness (QED) is 0.412. The van der Waals surface area contributed by atoms with Crippen LogP contribution in [0.4, 0.5) is 5.69 Å². The molecule has 2 fully saturated rings. The molecule has 9 heteroatoms. The van der Waals surface area contributed by atoms with Crippen LogP contribution in [0.5, 0.6) is 0 Å². The standard InChI is InChI=1S/C17H11Cl6NO2/c1-6-3-4-8(7(2)5-6)24-13(25)9-10(14(24)26)16(21)12(19)11(18)15(9,20)17(16,22)23/h3-5,9-10H,1-2H3/t9-,10-,15-,16-/m0/s1. The van der Waals surface area contributed by atoms with E-state index < -0.39 is 37.7 Å². The van der Waals surface area contributed by atoms with Gasteiger partial charge in [-0.15, -0.1) is 23.2 Å². The summed E-state index contributed by atoms with van der Waals surface area (Å²) in [6.07, 6.45) is 0. The van der Waals surface area contributed by atoms with Gasteiger partial charge in [0.15, 0.2) is 4.33 Å². The summed E-state index contributed by atoms with van der Waals surface area (Å²) in [5.74, 6) is -3.31. The van der Waals surface area contributed by atoms with E-state index in [1.165, 1.54) is 0 Å². The van der Waals surface area contributed by atoms with E-state index in [2.05, 4.69) is 0 Å². The van der Waals surface area contributed by atoms with E-state index in [0.29, 0.717) is 5.69 Å². The number of alkyl halides is 4. The molecule has 1 aromatic carbocycles. The van der Waals surface area contributed by atoms with Gasteiger partial charge < -0.3 is 0 Å². The molecule has 1 aliphatic heterocycles. The number of hydrogen-bond donors (Lipinski definition) is 0. The van der Waals surface area contributed by atoms with E-state index in [0.717, 1.165) is 16.0 Å². The predicted octanol–water partition coefficient (Wildman–Crippen LogP) is 5.25. The lowest BCUT2D eigenvalue weighted by Gasteiger charge is -2.34. The Morgan fingerprint density at radius 2 is 1.35 bits per heavy atom. The molecule has 0 unspecified atom stereocenters. The molecule has 26 heavy (non-hydrogen) atoms. The van der Waals surface area contributed by atoms with Crippen LogP contribution in [0.25, 0.3) is 0 Å². The summed E-state index contributed by atoms with van der Waals surface area (Å²) in [6.45, 7) is 3.73. The Balaban J connectivity index is 1.92. The van der Waals surface area contributed by atoms with Crippen LogP contribution in [0.1, 0.15) is 11.1 Å². The number of carbonyl (C=O) groups excluding carboxylic acids is 2. The Morgan fingerprint density at radius 3 is 1.77 bits per heavy atom. The maximum Gasteiger partial charge on any atom is 0.240 e. The monoisotopic (exact) mass is 471 g/mol. The first kappa shape index (κ1) is 19.2. The van der Waals surface area contributed by atoms with Crippen LogP contribution >= 0.6 is 69.6 Å². The van der Waals surface area contributed by atoms with Gasteiger partial charge in [0.05, 0.1) is 27.6 Å². The minimum atomic E-state index is -1.91. The highest BCUT2D eigenvalue weighted by Gasteiger charge is 2.87. The zero-order chi connectivity index (χ0) is 19.4. The number of fused-ring (bicyclic) bond motifs is 5.